The third-order valence-corrected chi connectivity index (χ3v) is 3.61. The van der Waals surface area contributed by atoms with Crippen LogP contribution in [0, 0.1) is 0 Å². The molecule has 0 heterocycles. The van der Waals surface area contributed by atoms with Crippen molar-refractivity contribution in [1.29, 1.82) is 0 Å². The van der Waals surface area contributed by atoms with Crippen molar-refractivity contribution in [2.45, 2.75) is 19.8 Å². The lowest BCUT2D eigenvalue weighted by Crippen LogP contribution is -2.11. The molecule has 21 heavy (non-hydrogen) atoms. The zero-order valence-corrected chi connectivity index (χ0v) is 13.2. The van der Waals surface area contributed by atoms with E-state index >= 15 is 0 Å². The van der Waals surface area contributed by atoms with E-state index in [9.17, 15) is 4.79 Å². The molecule has 0 fully saturated rings. The molecule has 0 aliphatic rings. The minimum atomic E-state index is -0.0888. The smallest absolute Gasteiger partial charge is 0.200 e. The molecule has 110 valence electrons. The Morgan fingerprint density at radius 1 is 1.10 bits per heavy atom. The molecule has 0 unspecified atom stereocenters. The number of hydrogen-bond acceptors (Lipinski definition) is 2. The molecule has 0 bridgehead atoms. The summed E-state index contributed by atoms with van der Waals surface area (Å²) in [6.45, 7) is 2.06. The van der Waals surface area contributed by atoms with Crippen molar-refractivity contribution in [3.8, 4) is 5.75 Å². The van der Waals surface area contributed by atoms with Gasteiger partial charge in [-0.25, -0.2) is 0 Å². The molecule has 2 aromatic rings. The van der Waals surface area contributed by atoms with Crippen LogP contribution in [-0.4, -0.2) is 12.4 Å². The van der Waals surface area contributed by atoms with Crippen LogP contribution in [-0.2, 0) is 6.42 Å². The van der Waals surface area contributed by atoms with E-state index in [1.807, 2.05) is 24.3 Å². The summed E-state index contributed by atoms with van der Waals surface area (Å²) >= 11 is 11.9. The first kappa shape index (κ1) is 15.9. The van der Waals surface area contributed by atoms with Gasteiger partial charge in [0.15, 0.2) is 12.4 Å². The molecule has 0 aliphatic heterocycles. The number of benzene rings is 2. The molecule has 0 saturated carbocycles. The monoisotopic (exact) mass is 322 g/mol. The number of carbonyl (C=O) groups excluding carboxylic acids is 1. The van der Waals surface area contributed by atoms with Crippen LogP contribution < -0.4 is 4.74 Å². The van der Waals surface area contributed by atoms with E-state index in [2.05, 4.69) is 6.92 Å². The van der Waals surface area contributed by atoms with Gasteiger partial charge in [-0.15, -0.1) is 0 Å². The average molecular weight is 323 g/mol. The van der Waals surface area contributed by atoms with Gasteiger partial charge in [0.2, 0.25) is 0 Å². The Bertz CT molecular complexity index is 621. The highest BCUT2D eigenvalue weighted by atomic mass is 35.5. The Balaban J connectivity index is 1.99. The van der Waals surface area contributed by atoms with Gasteiger partial charge in [0.1, 0.15) is 5.75 Å². The predicted molar refractivity (Wildman–Crippen MR) is 86.7 cm³/mol. The molecule has 0 amide bonds. The first-order valence-electron chi connectivity index (χ1n) is 6.80. The number of halogens is 2. The topological polar surface area (TPSA) is 26.3 Å². The fourth-order valence-corrected chi connectivity index (χ4v) is 2.29. The molecule has 0 atom stereocenters. The first-order chi connectivity index (χ1) is 10.1. The van der Waals surface area contributed by atoms with E-state index in [0.717, 1.165) is 12.8 Å². The molecule has 0 aliphatic carbocycles. The van der Waals surface area contributed by atoms with Crippen LogP contribution in [0.15, 0.2) is 42.5 Å². The Morgan fingerprint density at radius 2 is 1.81 bits per heavy atom. The number of carbonyl (C=O) groups is 1. The Morgan fingerprint density at radius 3 is 2.48 bits per heavy atom. The lowest BCUT2D eigenvalue weighted by atomic mass is 10.1. The average Bonchev–Trinajstić information content (AvgIpc) is 2.49. The molecule has 0 N–H and O–H groups in total. The number of rotatable bonds is 6. The summed E-state index contributed by atoms with van der Waals surface area (Å²) in [6.07, 6.45) is 2.10. The zero-order chi connectivity index (χ0) is 15.2. The second-order valence-corrected chi connectivity index (χ2v) is 5.58. The number of ether oxygens (including phenoxy) is 1. The van der Waals surface area contributed by atoms with Gasteiger partial charge in [-0.3, -0.25) is 4.79 Å². The number of Topliss-reactive ketones (excluding diaryl/α,β-unsaturated/α-hetero) is 1. The Kier molecular flexibility index (Phi) is 5.66. The summed E-state index contributed by atoms with van der Waals surface area (Å²) in [5.74, 6) is 0.328. The summed E-state index contributed by atoms with van der Waals surface area (Å²) in [5.41, 5.74) is 1.86. The highest BCUT2D eigenvalue weighted by molar-refractivity contribution is 6.34. The van der Waals surface area contributed by atoms with Crippen LogP contribution in [0.2, 0.25) is 10.0 Å². The maximum atomic E-state index is 12.1. The quantitative estimate of drug-likeness (QED) is 0.682. The number of hydrogen-bond donors (Lipinski definition) is 0. The lowest BCUT2D eigenvalue weighted by Gasteiger charge is -2.08. The van der Waals surface area contributed by atoms with Gasteiger partial charge in [0.05, 0.1) is 5.02 Å². The van der Waals surface area contributed by atoms with Crippen molar-refractivity contribution < 1.29 is 9.53 Å². The van der Waals surface area contributed by atoms with E-state index < -0.39 is 0 Å². The molecule has 0 saturated heterocycles. The maximum Gasteiger partial charge on any atom is 0.200 e. The minimum absolute atomic E-state index is 0.0623. The third-order valence-electron chi connectivity index (χ3n) is 3.07. The normalized spacial score (nSPS) is 10.4. The van der Waals surface area contributed by atoms with Crippen molar-refractivity contribution in [3.05, 3.63) is 63.6 Å². The van der Waals surface area contributed by atoms with Gasteiger partial charge < -0.3 is 4.74 Å². The van der Waals surface area contributed by atoms with Gasteiger partial charge >= 0.3 is 0 Å². The van der Waals surface area contributed by atoms with Crippen LogP contribution in [0.4, 0.5) is 0 Å². The lowest BCUT2D eigenvalue weighted by molar-refractivity contribution is 0.0921. The van der Waals surface area contributed by atoms with Crippen molar-refractivity contribution in [3.63, 3.8) is 0 Å². The van der Waals surface area contributed by atoms with Gasteiger partial charge in [0, 0.05) is 16.7 Å². The van der Waals surface area contributed by atoms with Crippen LogP contribution in [0.5, 0.6) is 5.75 Å². The number of ketones is 1. The number of aryl methyl sites for hydroxylation is 1. The molecule has 0 radical (unpaired) electrons. The fraction of sp³-hybridized carbons (Fsp3) is 0.235. The van der Waals surface area contributed by atoms with Gasteiger partial charge in [-0.1, -0.05) is 60.8 Å². The molecule has 4 heteroatoms. The molecule has 0 aromatic heterocycles. The summed E-state index contributed by atoms with van der Waals surface area (Å²) in [5, 5.41) is 0.955. The van der Waals surface area contributed by atoms with Crippen molar-refractivity contribution >= 4 is 29.0 Å². The van der Waals surface area contributed by atoms with E-state index in [1.54, 1.807) is 18.2 Å². The summed E-state index contributed by atoms with van der Waals surface area (Å²) < 4.78 is 5.45. The molecular weight excluding hydrogens is 307 g/mol. The molecular formula is C17H16Cl2O2. The highest BCUT2D eigenvalue weighted by Crippen LogP contribution is 2.27. The van der Waals surface area contributed by atoms with E-state index in [4.69, 9.17) is 27.9 Å². The summed E-state index contributed by atoms with van der Waals surface area (Å²) in [6, 6.07) is 12.5. The first-order valence-corrected chi connectivity index (χ1v) is 7.55. The van der Waals surface area contributed by atoms with Gasteiger partial charge in [-0.05, 0) is 24.1 Å². The molecule has 2 rings (SSSR count). The second kappa shape index (κ2) is 7.48. The minimum Gasteiger partial charge on any atom is -0.484 e. The Hall–Kier alpha value is -1.51. The summed E-state index contributed by atoms with van der Waals surface area (Å²) in [7, 11) is 0. The largest absolute Gasteiger partial charge is 0.484 e. The highest BCUT2D eigenvalue weighted by Gasteiger charge is 2.09. The van der Waals surface area contributed by atoms with E-state index in [1.165, 1.54) is 5.56 Å². The molecule has 2 aromatic carbocycles. The van der Waals surface area contributed by atoms with Crippen LogP contribution in [0.25, 0.3) is 0 Å². The van der Waals surface area contributed by atoms with E-state index in [0.29, 0.717) is 21.4 Å². The van der Waals surface area contributed by atoms with E-state index in [-0.39, 0.29) is 12.4 Å². The maximum absolute atomic E-state index is 12.1. The second-order valence-electron chi connectivity index (χ2n) is 4.73. The van der Waals surface area contributed by atoms with Crippen molar-refractivity contribution in [2.24, 2.45) is 0 Å². The Labute approximate surface area is 134 Å². The van der Waals surface area contributed by atoms with Gasteiger partial charge in [-0.2, -0.15) is 0 Å². The van der Waals surface area contributed by atoms with Crippen LogP contribution in [0.1, 0.15) is 29.3 Å². The third kappa shape index (κ3) is 4.48. The van der Waals surface area contributed by atoms with Crippen molar-refractivity contribution in [1.82, 2.24) is 0 Å². The van der Waals surface area contributed by atoms with Gasteiger partial charge in [0.25, 0.3) is 0 Å². The summed E-state index contributed by atoms with van der Waals surface area (Å²) in [4.78, 5) is 12.1. The molecule has 2 nitrogen and oxygen atoms in total. The standard InChI is InChI=1S/C17H16Cl2O2/c1-2-3-12-4-6-13(7-5-12)16(20)11-21-17-10-14(18)8-9-15(17)19/h4-10H,2-3,11H2,1H3. The van der Waals surface area contributed by atoms with Crippen LogP contribution >= 0.6 is 23.2 Å². The molecule has 0 spiro atoms. The predicted octanol–water partition coefficient (Wildman–Crippen LogP) is 5.21. The SMILES string of the molecule is CCCc1ccc(C(=O)COc2cc(Cl)ccc2Cl)cc1. The van der Waals surface area contributed by atoms with Crippen molar-refractivity contribution in [2.75, 3.05) is 6.61 Å². The fourth-order valence-electron chi connectivity index (χ4n) is 1.96. The van der Waals surface area contributed by atoms with Crippen LogP contribution in [0.3, 0.4) is 0 Å². The zero-order valence-electron chi connectivity index (χ0n) is 11.7.